The molecule has 2 rings (SSSR count). The van der Waals surface area contributed by atoms with E-state index in [1.54, 1.807) is 24.5 Å². The number of carbonyl (C=O) groups excluding carboxylic acids is 1. The molecule has 13 heavy (non-hydrogen) atoms. The molecule has 0 aromatic carbocycles. The fourth-order valence-corrected chi connectivity index (χ4v) is 0.894. The van der Waals surface area contributed by atoms with Crippen molar-refractivity contribution in [1.29, 1.82) is 0 Å². The van der Waals surface area contributed by atoms with Crippen LogP contribution in [0.4, 0.5) is 0 Å². The van der Waals surface area contributed by atoms with Crippen molar-refractivity contribution in [1.82, 2.24) is 15.1 Å². The predicted molar refractivity (Wildman–Crippen MR) is 42.9 cm³/mol. The van der Waals surface area contributed by atoms with E-state index in [1.165, 1.54) is 0 Å². The summed E-state index contributed by atoms with van der Waals surface area (Å²) in [5.41, 5.74) is 0.746. The maximum atomic E-state index is 10.3. The van der Waals surface area contributed by atoms with Gasteiger partial charge in [0.05, 0.1) is 0 Å². The summed E-state index contributed by atoms with van der Waals surface area (Å²) in [7, 11) is 0. The summed E-state index contributed by atoms with van der Waals surface area (Å²) < 4.78 is 4.82. The van der Waals surface area contributed by atoms with Gasteiger partial charge in [0.1, 0.15) is 0 Å². The smallest absolute Gasteiger partial charge is 0.258 e. The van der Waals surface area contributed by atoms with Crippen molar-refractivity contribution in [2.45, 2.75) is 0 Å². The third kappa shape index (κ3) is 1.44. The molecule has 0 spiro atoms. The molecule has 0 aliphatic carbocycles. The topological polar surface area (TPSA) is 68.9 Å². The maximum absolute atomic E-state index is 10.3. The van der Waals surface area contributed by atoms with Crippen LogP contribution < -0.4 is 0 Å². The molecule has 0 aliphatic heterocycles. The molecule has 5 nitrogen and oxygen atoms in total. The fraction of sp³-hybridized carbons (Fsp3) is 0. The lowest BCUT2D eigenvalue weighted by atomic mass is 10.3. The van der Waals surface area contributed by atoms with E-state index in [1.807, 2.05) is 0 Å². The lowest BCUT2D eigenvalue weighted by molar-refractivity contribution is 0.111. The summed E-state index contributed by atoms with van der Waals surface area (Å²) in [6, 6.07) is 3.45. The van der Waals surface area contributed by atoms with Crippen molar-refractivity contribution in [3.8, 4) is 11.5 Å². The van der Waals surface area contributed by atoms with E-state index in [0.717, 1.165) is 5.56 Å². The number of nitrogens with zero attached hydrogens (tertiary/aromatic N) is 3. The summed E-state index contributed by atoms with van der Waals surface area (Å²) in [5.74, 6) is 0.372. The Morgan fingerprint density at radius 1 is 1.31 bits per heavy atom. The van der Waals surface area contributed by atoms with E-state index in [0.29, 0.717) is 12.2 Å². The molecular weight excluding hydrogens is 170 g/mol. The van der Waals surface area contributed by atoms with Crippen molar-refractivity contribution >= 4 is 6.29 Å². The third-order valence-corrected chi connectivity index (χ3v) is 1.47. The number of rotatable bonds is 2. The molecule has 5 heteroatoms. The van der Waals surface area contributed by atoms with Gasteiger partial charge in [-0.2, -0.15) is 4.98 Å². The highest BCUT2D eigenvalue weighted by Crippen LogP contribution is 2.14. The highest BCUT2D eigenvalue weighted by Gasteiger charge is 2.06. The minimum absolute atomic E-state index is 0.0480. The summed E-state index contributed by atoms with van der Waals surface area (Å²) >= 11 is 0. The van der Waals surface area contributed by atoms with Crippen LogP contribution in [0.15, 0.2) is 29.0 Å². The van der Waals surface area contributed by atoms with Crippen LogP contribution in [0.5, 0.6) is 0 Å². The van der Waals surface area contributed by atoms with E-state index >= 15 is 0 Å². The molecule has 2 heterocycles. The molecule has 0 fully saturated rings. The second-order valence-electron chi connectivity index (χ2n) is 2.31. The first-order chi connectivity index (χ1) is 6.40. The molecule has 0 unspecified atom stereocenters. The van der Waals surface area contributed by atoms with Crippen LogP contribution >= 0.6 is 0 Å². The van der Waals surface area contributed by atoms with Crippen LogP contribution in [0.2, 0.25) is 0 Å². The average Bonchev–Trinajstić information content (AvgIpc) is 2.67. The highest BCUT2D eigenvalue weighted by molar-refractivity contribution is 5.69. The van der Waals surface area contributed by atoms with Gasteiger partial charge in [0.15, 0.2) is 6.29 Å². The molecule has 2 aromatic rings. The zero-order valence-electron chi connectivity index (χ0n) is 6.54. The lowest BCUT2D eigenvalue weighted by Gasteiger charge is -1.89. The van der Waals surface area contributed by atoms with Gasteiger partial charge in [-0.3, -0.25) is 9.78 Å². The zero-order chi connectivity index (χ0) is 9.10. The van der Waals surface area contributed by atoms with Crippen molar-refractivity contribution < 1.29 is 9.32 Å². The Morgan fingerprint density at radius 3 is 2.69 bits per heavy atom. The largest absolute Gasteiger partial charge is 0.334 e. The van der Waals surface area contributed by atoms with Crippen LogP contribution in [-0.2, 0) is 0 Å². The van der Waals surface area contributed by atoms with Crippen LogP contribution in [0.25, 0.3) is 11.5 Å². The van der Waals surface area contributed by atoms with Gasteiger partial charge >= 0.3 is 0 Å². The van der Waals surface area contributed by atoms with Crippen molar-refractivity contribution in [3.05, 3.63) is 30.4 Å². The fourth-order valence-electron chi connectivity index (χ4n) is 0.894. The van der Waals surface area contributed by atoms with Crippen LogP contribution in [0.1, 0.15) is 10.6 Å². The Balaban J connectivity index is 2.41. The number of aromatic nitrogens is 3. The second kappa shape index (κ2) is 3.14. The zero-order valence-corrected chi connectivity index (χ0v) is 6.54. The number of aldehydes is 1. The predicted octanol–water partition coefficient (Wildman–Crippen LogP) is 0.944. The van der Waals surface area contributed by atoms with Gasteiger partial charge < -0.3 is 4.52 Å². The first-order valence-electron chi connectivity index (χ1n) is 3.59. The number of carbonyl (C=O) groups is 1. The van der Waals surface area contributed by atoms with Gasteiger partial charge in [-0.25, -0.2) is 0 Å². The number of pyridine rings is 1. The summed E-state index contributed by atoms with van der Waals surface area (Å²) in [4.78, 5) is 17.9. The van der Waals surface area contributed by atoms with Gasteiger partial charge in [-0.1, -0.05) is 5.16 Å². The molecule has 64 valence electrons. The molecule has 2 aromatic heterocycles. The molecule has 0 saturated carbocycles. The second-order valence-corrected chi connectivity index (χ2v) is 2.31. The van der Waals surface area contributed by atoms with E-state index in [2.05, 4.69) is 15.1 Å². The standard InChI is InChI=1S/C8H5N3O2/c12-5-7-10-8(13-11-7)6-1-3-9-4-2-6/h1-5H. The normalized spacial score (nSPS) is 9.85. The highest BCUT2D eigenvalue weighted by atomic mass is 16.5. The monoisotopic (exact) mass is 175 g/mol. The Hall–Kier alpha value is -2.04. The molecule has 0 radical (unpaired) electrons. The minimum Gasteiger partial charge on any atom is -0.334 e. The van der Waals surface area contributed by atoms with E-state index in [4.69, 9.17) is 4.52 Å². The molecule has 0 atom stereocenters. The van der Waals surface area contributed by atoms with Crippen molar-refractivity contribution in [3.63, 3.8) is 0 Å². The average molecular weight is 175 g/mol. The Morgan fingerprint density at radius 2 is 2.08 bits per heavy atom. The summed E-state index contributed by atoms with van der Waals surface area (Å²) in [5, 5.41) is 3.44. The molecule has 0 aliphatic rings. The molecular formula is C8H5N3O2. The number of hydrogen-bond acceptors (Lipinski definition) is 5. The molecule has 0 saturated heterocycles. The van der Waals surface area contributed by atoms with Crippen molar-refractivity contribution in [2.24, 2.45) is 0 Å². The van der Waals surface area contributed by atoms with Gasteiger partial charge in [0.25, 0.3) is 5.89 Å². The van der Waals surface area contributed by atoms with Gasteiger partial charge in [-0.15, -0.1) is 0 Å². The minimum atomic E-state index is 0.0480. The SMILES string of the molecule is O=Cc1noc(-c2ccncc2)n1. The van der Waals surface area contributed by atoms with E-state index < -0.39 is 0 Å². The Labute approximate surface area is 73.4 Å². The Kier molecular flexibility index (Phi) is 1.84. The van der Waals surface area contributed by atoms with Crippen LogP contribution in [-0.4, -0.2) is 21.4 Å². The van der Waals surface area contributed by atoms with E-state index in [-0.39, 0.29) is 5.82 Å². The van der Waals surface area contributed by atoms with Gasteiger partial charge in [0, 0.05) is 18.0 Å². The summed E-state index contributed by atoms with van der Waals surface area (Å²) in [6.07, 6.45) is 3.76. The van der Waals surface area contributed by atoms with Gasteiger partial charge in [-0.05, 0) is 12.1 Å². The quantitative estimate of drug-likeness (QED) is 0.635. The van der Waals surface area contributed by atoms with E-state index in [9.17, 15) is 4.79 Å². The summed E-state index contributed by atoms with van der Waals surface area (Å²) in [6.45, 7) is 0. The third-order valence-electron chi connectivity index (χ3n) is 1.47. The number of hydrogen-bond donors (Lipinski definition) is 0. The molecule has 0 bridgehead atoms. The van der Waals surface area contributed by atoms with Crippen LogP contribution in [0.3, 0.4) is 0 Å². The first kappa shape index (κ1) is 7.60. The first-order valence-corrected chi connectivity index (χ1v) is 3.59. The Bertz CT molecular complexity index is 410. The van der Waals surface area contributed by atoms with Crippen LogP contribution in [0, 0.1) is 0 Å². The van der Waals surface area contributed by atoms with Crippen molar-refractivity contribution in [2.75, 3.05) is 0 Å². The lowest BCUT2D eigenvalue weighted by Crippen LogP contribution is -1.81. The van der Waals surface area contributed by atoms with Gasteiger partial charge in [0.2, 0.25) is 5.82 Å². The molecule has 0 N–H and O–H groups in total. The maximum Gasteiger partial charge on any atom is 0.258 e. The molecule has 0 amide bonds.